The van der Waals surface area contributed by atoms with Gasteiger partial charge in [-0.25, -0.2) is 0 Å². The van der Waals surface area contributed by atoms with E-state index in [1.165, 1.54) is 6.07 Å². The zero-order chi connectivity index (χ0) is 10.8. The quantitative estimate of drug-likeness (QED) is 0.432. The maximum absolute atomic E-state index is 12.3. The number of hydrogen-bond acceptors (Lipinski definition) is 0. The van der Waals surface area contributed by atoms with E-state index in [1.807, 2.05) is 22.6 Å². The molecule has 0 aliphatic heterocycles. The van der Waals surface area contributed by atoms with Gasteiger partial charge in [-0.1, -0.05) is 46.9 Å². The molecule has 0 saturated carbocycles. The summed E-state index contributed by atoms with van der Waals surface area (Å²) in [6.45, 7) is 3.54. The van der Waals surface area contributed by atoms with Gasteiger partial charge < -0.3 is 0 Å². The van der Waals surface area contributed by atoms with Gasteiger partial charge in [-0.2, -0.15) is 13.2 Å². The Kier molecular flexibility index (Phi) is 3.58. The molecule has 1 aromatic carbocycles. The van der Waals surface area contributed by atoms with Crippen LogP contribution in [0.15, 0.2) is 36.9 Å². The van der Waals surface area contributed by atoms with Crippen molar-refractivity contribution in [1.82, 2.24) is 0 Å². The molecule has 0 aliphatic carbocycles. The van der Waals surface area contributed by atoms with Crippen LogP contribution >= 0.6 is 22.6 Å². The number of allylic oxidation sites excluding steroid dienone is 1. The van der Waals surface area contributed by atoms with Gasteiger partial charge in [0.1, 0.15) is 0 Å². The molecule has 0 aliphatic rings. The van der Waals surface area contributed by atoms with Crippen LogP contribution in [0.5, 0.6) is 0 Å². The van der Waals surface area contributed by atoms with Crippen molar-refractivity contribution in [2.45, 2.75) is 10.1 Å². The Morgan fingerprint density at radius 2 is 2.00 bits per heavy atom. The molecular weight excluding hydrogens is 304 g/mol. The minimum absolute atomic E-state index is 0.0881. The molecule has 1 rings (SSSR count). The predicted octanol–water partition coefficient (Wildman–Crippen LogP) is 4.37. The van der Waals surface area contributed by atoms with Gasteiger partial charge in [-0.05, 0) is 11.6 Å². The molecule has 1 atom stereocenters. The van der Waals surface area contributed by atoms with E-state index in [-0.39, 0.29) is 3.92 Å². The first-order valence-corrected chi connectivity index (χ1v) is 5.13. The van der Waals surface area contributed by atoms with Crippen molar-refractivity contribution in [1.29, 1.82) is 0 Å². The van der Waals surface area contributed by atoms with E-state index in [1.54, 1.807) is 12.1 Å². The molecular formula is C10H8F3I. The Labute approximate surface area is 94.0 Å². The van der Waals surface area contributed by atoms with Crippen LogP contribution in [0.3, 0.4) is 0 Å². The van der Waals surface area contributed by atoms with E-state index in [2.05, 4.69) is 6.58 Å². The Hall–Kier alpha value is -0.520. The third kappa shape index (κ3) is 2.73. The van der Waals surface area contributed by atoms with Crippen LogP contribution in [0, 0.1) is 0 Å². The van der Waals surface area contributed by atoms with Gasteiger partial charge in [0, 0.05) is 0 Å². The average Bonchev–Trinajstić information content (AvgIpc) is 2.15. The van der Waals surface area contributed by atoms with Gasteiger partial charge in [0.2, 0.25) is 0 Å². The monoisotopic (exact) mass is 312 g/mol. The van der Waals surface area contributed by atoms with Gasteiger partial charge in [-0.3, -0.25) is 0 Å². The van der Waals surface area contributed by atoms with Gasteiger partial charge in [0.15, 0.2) is 0 Å². The average molecular weight is 312 g/mol. The number of hydrogen-bond donors (Lipinski definition) is 0. The van der Waals surface area contributed by atoms with Gasteiger partial charge in [0.05, 0.1) is 9.49 Å². The van der Waals surface area contributed by atoms with E-state index >= 15 is 0 Å². The minimum Gasteiger partial charge on any atom is -0.166 e. The fraction of sp³-hybridized carbons (Fsp3) is 0.200. The lowest BCUT2D eigenvalue weighted by atomic mass is 10.1. The predicted molar refractivity (Wildman–Crippen MR) is 58.4 cm³/mol. The second-order valence-corrected chi connectivity index (χ2v) is 4.10. The fourth-order valence-electron chi connectivity index (χ4n) is 1.02. The highest BCUT2D eigenvalue weighted by Crippen LogP contribution is 2.32. The summed E-state index contributed by atoms with van der Waals surface area (Å²) < 4.78 is 36.8. The van der Waals surface area contributed by atoms with E-state index in [0.29, 0.717) is 5.56 Å². The summed E-state index contributed by atoms with van der Waals surface area (Å²) in [4.78, 5) is 0. The first kappa shape index (κ1) is 11.6. The number of halogens is 4. The van der Waals surface area contributed by atoms with Crippen LogP contribution in [0.25, 0.3) is 0 Å². The van der Waals surface area contributed by atoms with Gasteiger partial charge >= 0.3 is 6.18 Å². The summed E-state index contributed by atoms with van der Waals surface area (Å²) in [7, 11) is 0. The lowest BCUT2D eigenvalue weighted by Crippen LogP contribution is -2.05. The Bertz CT molecular complexity index is 330. The molecule has 0 bridgehead atoms. The maximum Gasteiger partial charge on any atom is 0.416 e. The minimum atomic E-state index is -4.27. The van der Waals surface area contributed by atoms with Gasteiger partial charge in [-0.15, -0.1) is 6.58 Å². The SMILES string of the molecule is C=CC(I)c1cccc(C(F)(F)F)c1. The summed E-state index contributed by atoms with van der Waals surface area (Å²) >= 11 is 2.03. The van der Waals surface area contributed by atoms with Crippen molar-refractivity contribution in [3.8, 4) is 0 Å². The summed E-state index contributed by atoms with van der Waals surface area (Å²) in [6.07, 6.45) is -2.66. The smallest absolute Gasteiger partial charge is 0.166 e. The second-order valence-electron chi connectivity index (χ2n) is 2.76. The maximum atomic E-state index is 12.3. The number of alkyl halides is 4. The first-order chi connectivity index (χ1) is 6.45. The fourth-order valence-corrected chi connectivity index (χ4v) is 1.41. The molecule has 0 spiro atoms. The van der Waals surface area contributed by atoms with Crippen molar-refractivity contribution in [3.63, 3.8) is 0 Å². The lowest BCUT2D eigenvalue weighted by molar-refractivity contribution is -0.137. The van der Waals surface area contributed by atoms with Crippen LogP contribution in [0.2, 0.25) is 0 Å². The molecule has 0 aromatic heterocycles. The molecule has 0 radical (unpaired) electrons. The molecule has 0 N–H and O–H groups in total. The van der Waals surface area contributed by atoms with Crippen molar-refractivity contribution >= 4 is 22.6 Å². The molecule has 1 unspecified atom stereocenters. The largest absolute Gasteiger partial charge is 0.416 e. The molecule has 4 heteroatoms. The summed E-state index contributed by atoms with van der Waals surface area (Å²) in [5.41, 5.74) is 0.00828. The molecule has 0 saturated heterocycles. The summed E-state index contributed by atoms with van der Waals surface area (Å²) in [5, 5.41) is 0. The van der Waals surface area contributed by atoms with E-state index in [0.717, 1.165) is 12.1 Å². The first-order valence-electron chi connectivity index (χ1n) is 3.89. The molecule has 0 amide bonds. The van der Waals surface area contributed by atoms with Crippen LogP contribution < -0.4 is 0 Å². The van der Waals surface area contributed by atoms with E-state index in [9.17, 15) is 13.2 Å². The Morgan fingerprint density at radius 1 is 1.36 bits per heavy atom. The van der Waals surface area contributed by atoms with Crippen LogP contribution in [0.1, 0.15) is 15.1 Å². The normalized spacial score (nSPS) is 13.7. The van der Waals surface area contributed by atoms with Crippen LogP contribution in [-0.2, 0) is 6.18 Å². The van der Waals surface area contributed by atoms with Crippen LogP contribution in [0.4, 0.5) is 13.2 Å². The Balaban J connectivity index is 3.07. The molecule has 0 fully saturated rings. The van der Waals surface area contributed by atoms with Crippen LogP contribution in [-0.4, -0.2) is 0 Å². The van der Waals surface area contributed by atoms with Crippen molar-refractivity contribution in [2.75, 3.05) is 0 Å². The van der Waals surface area contributed by atoms with E-state index in [4.69, 9.17) is 0 Å². The zero-order valence-corrected chi connectivity index (χ0v) is 9.34. The highest BCUT2D eigenvalue weighted by molar-refractivity contribution is 14.1. The number of rotatable bonds is 2. The van der Waals surface area contributed by atoms with Crippen molar-refractivity contribution in [2.24, 2.45) is 0 Å². The molecule has 14 heavy (non-hydrogen) atoms. The zero-order valence-electron chi connectivity index (χ0n) is 7.18. The summed E-state index contributed by atoms with van der Waals surface area (Å²) in [5.74, 6) is 0. The highest BCUT2D eigenvalue weighted by Gasteiger charge is 2.30. The Morgan fingerprint density at radius 3 is 2.50 bits per heavy atom. The van der Waals surface area contributed by atoms with Gasteiger partial charge in [0.25, 0.3) is 0 Å². The molecule has 0 heterocycles. The van der Waals surface area contributed by atoms with E-state index < -0.39 is 11.7 Å². The second kappa shape index (κ2) is 4.33. The topological polar surface area (TPSA) is 0 Å². The third-order valence-electron chi connectivity index (χ3n) is 1.74. The molecule has 76 valence electrons. The van der Waals surface area contributed by atoms with Crippen molar-refractivity contribution < 1.29 is 13.2 Å². The summed E-state index contributed by atoms with van der Waals surface area (Å²) in [6, 6.07) is 5.29. The standard InChI is InChI=1S/C10H8F3I/c1-2-9(14)7-4-3-5-8(6-7)10(11,12)13/h2-6,9H,1H2. The molecule has 1 aromatic rings. The number of benzene rings is 1. The molecule has 0 nitrogen and oxygen atoms in total. The lowest BCUT2D eigenvalue weighted by Gasteiger charge is -2.10. The third-order valence-corrected chi connectivity index (χ3v) is 2.97. The highest BCUT2D eigenvalue weighted by atomic mass is 127. The van der Waals surface area contributed by atoms with Crippen molar-refractivity contribution in [3.05, 3.63) is 48.0 Å².